The van der Waals surface area contributed by atoms with Gasteiger partial charge in [-0.2, -0.15) is 0 Å². The van der Waals surface area contributed by atoms with Crippen molar-refractivity contribution >= 4 is 12.4 Å². The highest BCUT2D eigenvalue weighted by Crippen LogP contribution is 2.22. The fourth-order valence-electron chi connectivity index (χ4n) is 2.10. The van der Waals surface area contributed by atoms with Crippen LogP contribution in [0.4, 0.5) is 17.3 Å². The molecule has 7 heteroatoms. The van der Waals surface area contributed by atoms with Crippen molar-refractivity contribution in [3.8, 4) is 5.75 Å². The van der Waals surface area contributed by atoms with Crippen LogP contribution in [0.5, 0.6) is 5.75 Å². The SMILES string of the molecule is CC1CCC(COc2ccc(F)cc2[B-](F)(F)F)O1. The van der Waals surface area contributed by atoms with Crippen LogP contribution in [0.25, 0.3) is 0 Å². The molecule has 1 heterocycles. The Morgan fingerprint density at radius 2 is 2.05 bits per heavy atom. The summed E-state index contributed by atoms with van der Waals surface area (Å²) in [4.78, 5) is 0. The molecule has 1 saturated heterocycles. The fourth-order valence-corrected chi connectivity index (χ4v) is 2.10. The van der Waals surface area contributed by atoms with Gasteiger partial charge in [-0.05, 0) is 38.0 Å². The van der Waals surface area contributed by atoms with Gasteiger partial charge < -0.3 is 22.4 Å². The Hall–Kier alpha value is -1.24. The number of ether oxygens (including phenoxy) is 2. The van der Waals surface area contributed by atoms with E-state index in [1.165, 1.54) is 0 Å². The van der Waals surface area contributed by atoms with Crippen molar-refractivity contribution in [3.05, 3.63) is 24.0 Å². The van der Waals surface area contributed by atoms with Crippen LogP contribution in [-0.2, 0) is 4.74 Å². The quantitative estimate of drug-likeness (QED) is 0.622. The second kappa shape index (κ2) is 5.40. The maximum atomic E-state index is 12.9. The number of hydrogen-bond acceptors (Lipinski definition) is 2. The maximum absolute atomic E-state index is 12.9. The Morgan fingerprint density at radius 1 is 1.32 bits per heavy atom. The van der Waals surface area contributed by atoms with Crippen LogP contribution in [0, 0.1) is 5.82 Å². The van der Waals surface area contributed by atoms with Gasteiger partial charge in [-0.15, -0.1) is 0 Å². The highest BCUT2D eigenvalue weighted by Gasteiger charge is 2.30. The van der Waals surface area contributed by atoms with Crippen LogP contribution < -0.4 is 10.2 Å². The summed E-state index contributed by atoms with van der Waals surface area (Å²) in [5.74, 6) is -1.26. The first-order valence-corrected chi connectivity index (χ1v) is 6.14. The van der Waals surface area contributed by atoms with Crippen LogP contribution >= 0.6 is 0 Å². The zero-order valence-corrected chi connectivity index (χ0v) is 10.4. The molecule has 1 aromatic carbocycles. The molecule has 106 valence electrons. The molecule has 0 N–H and O–H groups in total. The number of hydrogen-bond donors (Lipinski definition) is 0. The Kier molecular flexibility index (Phi) is 4.03. The summed E-state index contributed by atoms with van der Waals surface area (Å²) >= 11 is 0. The van der Waals surface area contributed by atoms with Gasteiger partial charge in [-0.25, -0.2) is 4.39 Å². The average molecular weight is 277 g/mol. The zero-order chi connectivity index (χ0) is 14.0. The Labute approximate surface area is 108 Å². The van der Waals surface area contributed by atoms with Gasteiger partial charge in [-0.1, -0.05) is 5.46 Å². The highest BCUT2D eigenvalue weighted by atomic mass is 19.4. The summed E-state index contributed by atoms with van der Waals surface area (Å²) in [6.07, 6.45) is 1.53. The van der Waals surface area contributed by atoms with E-state index in [0.29, 0.717) is 6.07 Å². The Bertz CT molecular complexity index is 450. The third-order valence-electron chi connectivity index (χ3n) is 3.07. The zero-order valence-electron chi connectivity index (χ0n) is 10.4. The molecular formula is C12H14BF4O2-. The lowest BCUT2D eigenvalue weighted by molar-refractivity contribution is 0.0266. The predicted octanol–water partition coefficient (Wildman–Crippen LogP) is 2.83. The molecule has 0 aromatic heterocycles. The highest BCUT2D eigenvalue weighted by molar-refractivity contribution is 6.74. The summed E-state index contributed by atoms with van der Waals surface area (Å²) < 4.78 is 61.8. The van der Waals surface area contributed by atoms with Crippen molar-refractivity contribution in [2.45, 2.75) is 32.0 Å². The molecule has 1 aliphatic rings. The van der Waals surface area contributed by atoms with Crippen LogP contribution in [0.15, 0.2) is 18.2 Å². The lowest BCUT2D eigenvalue weighted by Crippen LogP contribution is -2.36. The topological polar surface area (TPSA) is 18.5 Å². The van der Waals surface area contributed by atoms with E-state index in [1.807, 2.05) is 6.92 Å². The molecule has 0 radical (unpaired) electrons. The third-order valence-corrected chi connectivity index (χ3v) is 3.07. The van der Waals surface area contributed by atoms with Gasteiger partial charge in [0.05, 0.1) is 18.0 Å². The molecule has 1 aromatic rings. The molecule has 2 nitrogen and oxygen atoms in total. The maximum Gasteiger partial charge on any atom is 0.513 e. The monoisotopic (exact) mass is 277 g/mol. The molecule has 2 unspecified atom stereocenters. The van der Waals surface area contributed by atoms with E-state index >= 15 is 0 Å². The van der Waals surface area contributed by atoms with Crippen molar-refractivity contribution in [1.82, 2.24) is 0 Å². The molecule has 0 saturated carbocycles. The van der Waals surface area contributed by atoms with Crippen molar-refractivity contribution in [2.24, 2.45) is 0 Å². The number of halogens is 4. The molecule has 0 spiro atoms. The summed E-state index contributed by atoms with van der Waals surface area (Å²) in [6.45, 7) is -3.34. The molecule has 0 amide bonds. The van der Waals surface area contributed by atoms with Gasteiger partial charge >= 0.3 is 6.98 Å². The summed E-state index contributed by atoms with van der Waals surface area (Å²) in [5.41, 5.74) is -1.04. The van der Waals surface area contributed by atoms with E-state index in [4.69, 9.17) is 9.47 Å². The molecule has 1 fully saturated rings. The van der Waals surface area contributed by atoms with E-state index < -0.39 is 18.3 Å². The van der Waals surface area contributed by atoms with Gasteiger partial charge in [-0.3, -0.25) is 0 Å². The third kappa shape index (κ3) is 3.62. The van der Waals surface area contributed by atoms with E-state index in [1.54, 1.807) is 0 Å². The average Bonchev–Trinajstić information content (AvgIpc) is 2.72. The first kappa shape index (κ1) is 14.2. The minimum absolute atomic E-state index is 0.0507. The molecule has 0 aliphatic carbocycles. The van der Waals surface area contributed by atoms with Crippen molar-refractivity contribution in [1.29, 1.82) is 0 Å². The van der Waals surface area contributed by atoms with Crippen LogP contribution in [0.2, 0.25) is 0 Å². The normalized spacial score (nSPS) is 23.6. The number of benzene rings is 1. The second-order valence-corrected chi connectivity index (χ2v) is 4.71. The first-order valence-electron chi connectivity index (χ1n) is 6.14. The Balaban J connectivity index is 2.07. The molecule has 2 rings (SSSR count). The van der Waals surface area contributed by atoms with Crippen LogP contribution in [0.3, 0.4) is 0 Å². The first-order chi connectivity index (χ1) is 8.86. The van der Waals surface area contributed by atoms with Crippen molar-refractivity contribution < 1.29 is 26.8 Å². The Morgan fingerprint density at radius 3 is 2.63 bits per heavy atom. The van der Waals surface area contributed by atoms with Gasteiger partial charge in [0.15, 0.2) is 0 Å². The predicted molar refractivity (Wildman–Crippen MR) is 64.2 cm³/mol. The van der Waals surface area contributed by atoms with Gasteiger partial charge in [0, 0.05) is 0 Å². The van der Waals surface area contributed by atoms with Gasteiger partial charge in [0.1, 0.15) is 12.4 Å². The van der Waals surface area contributed by atoms with E-state index in [0.717, 1.165) is 25.0 Å². The molecule has 19 heavy (non-hydrogen) atoms. The summed E-state index contributed by atoms with van der Waals surface area (Å²) in [7, 11) is 0. The molecule has 0 bridgehead atoms. The largest absolute Gasteiger partial charge is 0.513 e. The van der Waals surface area contributed by atoms with E-state index in [-0.39, 0.29) is 24.6 Å². The molecular weight excluding hydrogens is 263 g/mol. The fraction of sp³-hybridized carbons (Fsp3) is 0.500. The van der Waals surface area contributed by atoms with Crippen molar-refractivity contribution in [2.75, 3.05) is 6.61 Å². The van der Waals surface area contributed by atoms with Gasteiger partial charge in [0.25, 0.3) is 0 Å². The molecule has 1 aliphatic heterocycles. The number of rotatable bonds is 4. The van der Waals surface area contributed by atoms with Crippen LogP contribution in [-0.4, -0.2) is 25.8 Å². The van der Waals surface area contributed by atoms with Crippen molar-refractivity contribution in [3.63, 3.8) is 0 Å². The lowest BCUT2D eigenvalue weighted by Gasteiger charge is -2.21. The summed E-state index contributed by atoms with van der Waals surface area (Å²) in [6, 6.07) is 2.44. The standard InChI is InChI=1S/C12H14BF4O2/c1-8-2-4-10(19-8)7-18-12-5-3-9(14)6-11(12)13(15,16)17/h3,5-6,8,10H,2,4,7H2,1H3/q-1. The van der Waals surface area contributed by atoms with E-state index in [9.17, 15) is 17.3 Å². The van der Waals surface area contributed by atoms with Gasteiger partial charge in [0.2, 0.25) is 0 Å². The van der Waals surface area contributed by atoms with Crippen LogP contribution in [0.1, 0.15) is 19.8 Å². The minimum atomic E-state index is -5.30. The second-order valence-electron chi connectivity index (χ2n) is 4.71. The lowest BCUT2D eigenvalue weighted by atomic mass is 9.79. The molecule has 2 atom stereocenters. The minimum Gasteiger partial charge on any atom is -0.494 e. The smallest absolute Gasteiger partial charge is 0.494 e. The van der Waals surface area contributed by atoms with E-state index in [2.05, 4.69) is 0 Å². The summed E-state index contributed by atoms with van der Waals surface area (Å²) in [5, 5.41) is 0.